The normalized spacial score (nSPS) is 10.8. The third-order valence-corrected chi connectivity index (χ3v) is 4.93. The Morgan fingerprint density at radius 3 is 2.62 bits per heavy atom. The molecule has 0 unspecified atom stereocenters. The largest absolute Gasteiger partial charge is 0.506 e. The molecule has 1 heterocycles. The van der Waals surface area contributed by atoms with Crippen molar-refractivity contribution in [3.05, 3.63) is 56.7 Å². The molecule has 0 spiro atoms. The van der Waals surface area contributed by atoms with Crippen LogP contribution in [0.1, 0.15) is 16.1 Å². The summed E-state index contributed by atoms with van der Waals surface area (Å²) in [6, 6.07) is 10.6. The number of phenolic OH excluding ortho intramolecular Hbond substituents is 1. The van der Waals surface area contributed by atoms with Crippen LogP contribution in [0.5, 0.6) is 11.5 Å². The molecule has 0 radical (unpaired) electrons. The number of nitrogens with one attached hydrogen (secondary N) is 1. The molecule has 0 aliphatic heterocycles. The summed E-state index contributed by atoms with van der Waals surface area (Å²) in [7, 11) is 1.60. The number of carbonyl (C=O) groups excluding carboxylic acids is 1. The molecule has 0 saturated carbocycles. The second-order valence-electron chi connectivity index (χ2n) is 5.07. The molecule has 124 valence electrons. The first kappa shape index (κ1) is 16.9. The smallest absolute Gasteiger partial charge is 0.287 e. The molecule has 0 aliphatic rings. The first-order chi connectivity index (χ1) is 11.5. The van der Waals surface area contributed by atoms with E-state index in [9.17, 15) is 9.90 Å². The van der Waals surface area contributed by atoms with Crippen LogP contribution in [0.2, 0.25) is 0 Å². The number of rotatable bonds is 4. The van der Waals surface area contributed by atoms with E-state index in [4.69, 9.17) is 9.15 Å². The molecule has 0 saturated heterocycles. The van der Waals surface area contributed by atoms with Gasteiger partial charge in [0.2, 0.25) is 0 Å². The van der Waals surface area contributed by atoms with Crippen LogP contribution in [-0.2, 0) is 6.54 Å². The number of aromatic hydroxyl groups is 1. The first-order valence-electron chi connectivity index (χ1n) is 7.01. The molecule has 7 heteroatoms. The number of hydrogen-bond donors (Lipinski definition) is 2. The van der Waals surface area contributed by atoms with Gasteiger partial charge in [-0.1, -0.05) is 12.1 Å². The van der Waals surface area contributed by atoms with E-state index >= 15 is 0 Å². The first-order valence-corrected chi connectivity index (χ1v) is 8.60. The highest BCUT2D eigenvalue weighted by atomic mass is 79.9. The number of amides is 1. The van der Waals surface area contributed by atoms with E-state index in [1.165, 1.54) is 0 Å². The van der Waals surface area contributed by atoms with Gasteiger partial charge >= 0.3 is 0 Å². The predicted octanol–water partition coefficient (Wildman–Crippen LogP) is 4.60. The van der Waals surface area contributed by atoms with Crippen LogP contribution in [0.4, 0.5) is 0 Å². The van der Waals surface area contributed by atoms with Crippen LogP contribution in [0.15, 0.2) is 49.8 Å². The summed E-state index contributed by atoms with van der Waals surface area (Å²) in [4.78, 5) is 12.3. The van der Waals surface area contributed by atoms with Crippen molar-refractivity contribution in [3.63, 3.8) is 0 Å². The Balaban J connectivity index is 1.77. The summed E-state index contributed by atoms with van der Waals surface area (Å²) in [5.74, 6) is 0.673. The second-order valence-corrected chi connectivity index (χ2v) is 6.72. The zero-order chi connectivity index (χ0) is 17.3. The van der Waals surface area contributed by atoms with Gasteiger partial charge in [0.05, 0.1) is 16.1 Å². The zero-order valence-corrected chi connectivity index (χ0v) is 15.8. The lowest BCUT2D eigenvalue weighted by atomic mass is 10.2. The number of ether oxygens (including phenoxy) is 1. The number of phenols is 1. The molecule has 5 nitrogen and oxygen atoms in total. The Morgan fingerprint density at radius 2 is 1.96 bits per heavy atom. The van der Waals surface area contributed by atoms with Crippen LogP contribution in [0.25, 0.3) is 11.0 Å². The molecule has 0 aliphatic carbocycles. The fraction of sp³-hybridized carbons (Fsp3) is 0.118. The Kier molecular flexibility index (Phi) is 4.82. The van der Waals surface area contributed by atoms with Gasteiger partial charge in [0.25, 0.3) is 5.91 Å². The lowest BCUT2D eigenvalue weighted by molar-refractivity contribution is 0.0925. The minimum atomic E-state index is -0.329. The van der Waals surface area contributed by atoms with Crippen LogP contribution >= 0.6 is 31.9 Å². The number of benzene rings is 2. The van der Waals surface area contributed by atoms with Gasteiger partial charge in [-0.15, -0.1) is 0 Å². The van der Waals surface area contributed by atoms with Gasteiger partial charge < -0.3 is 19.6 Å². The molecule has 3 rings (SSSR count). The molecule has 0 bridgehead atoms. The van der Waals surface area contributed by atoms with E-state index in [1.807, 2.05) is 24.3 Å². The van der Waals surface area contributed by atoms with Crippen molar-refractivity contribution < 1.29 is 19.1 Å². The topological polar surface area (TPSA) is 71.7 Å². The summed E-state index contributed by atoms with van der Waals surface area (Å²) >= 11 is 6.54. The monoisotopic (exact) mass is 453 g/mol. The lowest BCUT2D eigenvalue weighted by Crippen LogP contribution is -2.22. The van der Waals surface area contributed by atoms with Gasteiger partial charge in [-0.25, -0.2) is 0 Å². The number of fused-ring (bicyclic) bond motifs is 1. The second kappa shape index (κ2) is 6.86. The van der Waals surface area contributed by atoms with E-state index in [-0.39, 0.29) is 17.4 Å². The van der Waals surface area contributed by atoms with Crippen molar-refractivity contribution in [1.82, 2.24) is 5.32 Å². The van der Waals surface area contributed by atoms with E-state index in [0.717, 1.165) is 11.3 Å². The lowest BCUT2D eigenvalue weighted by Gasteiger charge is -2.04. The van der Waals surface area contributed by atoms with Crippen LogP contribution < -0.4 is 10.1 Å². The molecule has 2 aromatic carbocycles. The number of furan rings is 1. The van der Waals surface area contributed by atoms with Crippen molar-refractivity contribution >= 4 is 48.7 Å². The SMILES string of the molecule is COc1ccc(CNC(=O)c2cc3c(Br)c(O)c(Br)cc3o2)cc1. The zero-order valence-electron chi connectivity index (χ0n) is 12.6. The molecular weight excluding hydrogens is 442 g/mol. The van der Waals surface area contributed by atoms with E-state index in [2.05, 4.69) is 37.2 Å². The van der Waals surface area contributed by atoms with Crippen LogP contribution in [0.3, 0.4) is 0 Å². The highest BCUT2D eigenvalue weighted by Gasteiger charge is 2.17. The molecule has 24 heavy (non-hydrogen) atoms. The summed E-state index contributed by atoms with van der Waals surface area (Å²) in [6.07, 6.45) is 0. The quantitative estimate of drug-likeness (QED) is 0.604. The Hall–Kier alpha value is -1.99. The van der Waals surface area contributed by atoms with Crippen molar-refractivity contribution in [2.45, 2.75) is 6.54 Å². The Bertz CT molecular complexity index is 903. The maximum Gasteiger partial charge on any atom is 0.287 e. The molecule has 0 fully saturated rings. The number of halogens is 2. The molecule has 0 atom stereocenters. The van der Waals surface area contributed by atoms with Gasteiger partial charge in [0, 0.05) is 11.9 Å². The fourth-order valence-electron chi connectivity index (χ4n) is 2.22. The van der Waals surface area contributed by atoms with Gasteiger partial charge in [-0.05, 0) is 61.7 Å². The molecule has 3 aromatic rings. The Morgan fingerprint density at radius 1 is 1.25 bits per heavy atom. The summed E-state index contributed by atoms with van der Waals surface area (Å²) in [5.41, 5.74) is 1.45. The number of carbonyl (C=O) groups is 1. The van der Waals surface area contributed by atoms with Crippen molar-refractivity contribution in [2.24, 2.45) is 0 Å². The van der Waals surface area contributed by atoms with Gasteiger partial charge in [0.15, 0.2) is 5.76 Å². The summed E-state index contributed by atoms with van der Waals surface area (Å²) < 4.78 is 11.6. The highest BCUT2D eigenvalue weighted by molar-refractivity contribution is 9.11. The van der Waals surface area contributed by atoms with Gasteiger partial charge in [0.1, 0.15) is 17.1 Å². The average Bonchev–Trinajstić information content (AvgIpc) is 3.02. The third-order valence-electron chi connectivity index (χ3n) is 3.53. The van der Waals surface area contributed by atoms with E-state index in [0.29, 0.717) is 26.5 Å². The highest BCUT2D eigenvalue weighted by Crippen LogP contribution is 2.39. The summed E-state index contributed by atoms with van der Waals surface area (Å²) in [5, 5.41) is 13.3. The minimum absolute atomic E-state index is 0.0634. The number of hydrogen-bond acceptors (Lipinski definition) is 4. The average molecular weight is 455 g/mol. The molecule has 2 N–H and O–H groups in total. The van der Waals surface area contributed by atoms with Crippen molar-refractivity contribution in [1.29, 1.82) is 0 Å². The van der Waals surface area contributed by atoms with Gasteiger partial charge in [-0.2, -0.15) is 0 Å². The Labute approximate surface area is 154 Å². The molecular formula is C17H13Br2NO4. The molecule has 1 amide bonds. The number of methoxy groups -OCH3 is 1. The van der Waals surface area contributed by atoms with Crippen LogP contribution in [-0.4, -0.2) is 18.1 Å². The van der Waals surface area contributed by atoms with E-state index in [1.54, 1.807) is 19.2 Å². The fourth-order valence-corrected chi connectivity index (χ4v) is 3.42. The van der Waals surface area contributed by atoms with Crippen LogP contribution in [0, 0.1) is 0 Å². The maximum absolute atomic E-state index is 12.3. The minimum Gasteiger partial charge on any atom is -0.506 e. The van der Waals surface area contributed by atoms with Gasteiger partial charge in [-0.3, -0.25) is 4.79 Å². The predicted molar refractivity (Wildman–Crippen MR) is 97.4 cm³/mol. The van der Waals surface area contributed by atoms with Crippen molar-refractivity contribution in [3.8, 4) is 11.5 Å². The third kappa shape index (κ3) is 3.27. The molecule has 1 aromatic heterocycles. The van der Waals surface area contributed by atoms with Crippen molar-refractivity contribution in [2.75, 3.05) is 7.11 Å². The summed E-state index contributed by atoms with van der Waals surface area (Å²) in [6.45, 7) is 0.371. The van der Waals surface area contributed by atoms with E-state index < -0.39 is 0 Å². The maximum atomic E-state index is 12.3. The standard InChI is InChI=1S/C17H13Br2NO4/c1-23-10-4-2-9(3-5-10)8-20-17(22)14-6-11-13(24-14)7-12(18)16(21)15(11)19/h2-7,21H,8H2,1H3,(H,20,22).